The van der Waals surface area contributed by atoms with Crippen molar-refractivity contribution in [2.45, 2.75) is 32.7 Å². The van der Waals surface area contributed by atoms with Crippen LogP contribution >= 0.6 is 0 Å². The highest BCUT2D eigenvalue weighted by atomic mass is 32.2. The highest BCUT2D eigenvalue weighted by molar-refractivity contribution is 7.91. The van der Waals surface area contributed by atoms with Crippen molar-refractivity contribution in [2.75, 3.05) is 11.5 Å². The molecule has 0 spiro atoms. The van der Waals surface area contributed by atoms with Gasteiger partial charge < -0.3 is 5.73 Å². The second-order valence-corrected chi connectivity index (χ2v) is 6.63. The van der Waals surface area contributed by atoms with Crippen molar-refractivity contribution in [3.8, 4) is 0 Å². The van der Waals surface area contributed by atoms with E-state index in [2.05, 4.69) is 0 Å². The van der Waals surface area contributed by atoms with Crippen LogP contribution in [0.25, 0.3) is 0 Å². The summed E-state index contributed by atoms with van der Waals surface area (Å²) in [5.41, 5.74) is 5.76. The van der Waals surface area contributed by atoms with Crippen molar-refractivity contribution in [3.05, 3.63) is 0 Å². The molecule has 0 saturated heterocycles. The number of hydrogen-bond donors (Lipinski definition) is 1. The lowest BCUT2D eigenvalue weighted by molar-refractivity contribution is 0.563. The largest absolute Gasteiger partial charge is 0.327 e. The van der Waals surface area contributed by atoms with Gasteiger partial charge in [-0.2, -0.15) is 0 Å². The Bertz CT molecular complexity index is 255. The lowest BCUT2D eigenvalue weighted by Gasteiger charge is -2.12. The van der Waals surface area contributed by atoms with Crippen molar-refractivity contribution in [2.24, 2.45) is 17.6 Å². The minimum atomic E-state index is -2.91. The van der Waals surface area contributed by atoms with Gasteiger partial charge in [-0.1, -0.05) is 13.8 Å². The number of rotatable bonds is 5. The lowest BCUT2D eigenvalue weighted by Crippen LogP contribution is -2.33. The maximum absolute atomic E-state index is 11.5. The predicted molar refractivity (Wildman–Crippen MR) is 54.2 cm³/mol. The average Bonchev–Trinajstić information content (AvgIpc) is 2.60. The van der Waals surface area contributed by atoms with Gasteiger partial charge in [-0.15, -0.1) is 0 Å². The zero-order valence-electron chi connectivity index (χ0n) is 8.36. The average molecular weight is 205 g/mol. The molecular weight excluding hydrogens is 186 g/mol. The summed E-state index contributed by atoms with van der Waals surface area (Å²) in [5, 5.41) is 0. The molecule has 0 bridgehead atoms. The highest BCUT2D eigenvalue weighted by Crippen LogP contribution is 2.32. The third-order valence-corrected chi connectivity index (χ3v) is 4.33. The van der Waals surface area contributed by atoms with E-state index in [0.29, 0.717) is 5.92 Å². The molecule has 4 heteroatoms. The normalized spacial score (nSPS) is 20.6. The first-order valence-corrected chi connectivity index (χ1v) is 6.69. The monoisotopic (exact) mass is 205 g/mol. The Morgan fingerprint density at radius 2 is 1.85 bits per heavy atom. The molecule has 0 aliphatic heterocycles. The zero-order chi connectivity index (χ0) is 10.1. The summed E-state index contributed by atoms with van der Waals surface area (Å²) >= 11 is 0. The molecule has 0 aromatic carbocycles. The maximum Gasteiger partial charge on any atom is 0.152 e. The molecule has 1 aliphatic carbocycles. The van der Waals surface area contributed by atoms with Crippen LogP contribution in [0.3, 0.4) is 0 Å². The summed E-state index contributed by atoms with van der Waals surface area (Å²) in [6.07, 6.45) is 2.22. The van der Waals surface area contributed by atoms with E-state index >= 15 is 0 Å². The Morgan fingerprint density at radius 3 is 2.23 bits per heavy atom. The maximum atomic E-state index is 11.5. The number of sulfone groups is 1. The van der Waals surface area contributed by atoms with E-state index < -0.39 is 9.84 Å². The van der Waals surface area contributed by atoms with Gasteiger partial charge in [0.25, 0.3) is 0 Å². The summed E-state index contributed by atoms with van der Waals surface area (Å²) in [4.78, 5) is 0. The first-order valence-electron chi connectivity index (χ1n) is 4.87. The van der Waals surface area contributed by atoms with Crippen molar-refractivity contribution in [1.29, 1.82) is 0 Å². The van der Waals surface area contributed by atoms with Crippen LogP contribution in [0.4, 0.5) is 0 Å². The molecule has 3 nitrogen and oxygen atoms in total. The van der Waals surface area contributed by atoms with Crippen LogP contribution in [0, 0.1) is 11.8 Å². The molecule has 1 saturated carbocycles. The molecular formula is C9H19NO2S. The third kappa shape index (κ3) is 4.09. The van der Waals surface area contributed by atoms with E-state index in [4.69, 9.17) is 5.73 Å². The zero-order valence-corrected chi connectivity index (χ0v) is 9.18. The summed E-state index contributed by atoms with van der Waals surface area (Å²) in [6.45, 7) is 3.83. The summed E-state index contributed by atoms with van der Waals surface area (Å²) in [5.74, 6) is 1.13. The van der Waals surface area contributed by atoms with E-state index in [0.717, 1.165) is 12.8 Å². The van der Waals surface area contributed by atoms with Gasteiger partial charge in [0, 0.05) is 6.04 Å². The Kier molecular flexibility index (Phi) is 3.35. The van der Waals surface area contributed by atoms with Crippen LogP contribution < -0.4 is 5.73 Å². The second kappa shape index (κ2) is 3.96. The topological polar surface area (TPSA) is 60.2 Å². The Balaban J connectivity index is 2.40. The molecule has 0 aromatic heterocycles. The van der Waals surface area contributed by atoms with Crippen LogP contribution in [0.15, 0.2) is 0 Å². The van der Waals surface area contributed by atoms with Gasteiger partial charge in [-0.25, -0.2) is 8.42 Å². The van der Waals surface area contributed by atoms with Gasteiger partial charge in [-0.05, 0) is 24.7 Å². The summed E-state index contributed by atoms with van der Waals surface area (Å²) in [7, 11) is -2.91. The molecule has 0 amide bonds. The van der Waals surface area contributed by atoms with E-state index in [1.54, 1.807) is 0 Å². The Morgan fingerprint density at radius 1 is 1.31 bits per heavy atom. The van der Waals surface area contributed by atoms with E-state index in [1.807, 2.05) is 13.8 Å². The lowest BCUT2D eigenvalue weighted by atomic mass is 10.2. The van der Waals surface area contributed by atoms with Crippen molar-refractivity contribution >= 4 is 9.84 Å². The first-order chi connectivity index (χ1) is 5.91. The number of hydrogen-bond acceptors (Lipinski definition) is 3. The molecule has 0 radical (unpaired) electrons. The third-order valence-electron chi connectivity index (χ3n) is 2.26. The van der Waals surface area contributed by atoms with E-state index in [-0.39, 0.29) is 23.5 Å². The SMILES string of the molecule is CC(C)CS(=O)(=O)CC(N)C1CC1. The molecule has 1 aliphatic rings. The fourth-order valence-corrected chi connectivity index (χ4v) is 3.54. The molecule has 1 atom stereocenters. The van der Waals surface area contributed by atoms with Gasteiger partial charge in [0.1, 0.15) is 0 Å². The van der Waals surface area contributed by atoms with Gasteiger partial charge in [0.15, 0.2) is 9.84 Å². The van der Waals surface area contributed by atoms with Crippen LogP contribution in [0.5, 0.6) is 0 Å². The minimum absolute atomic E-state index is 0.122. The van der Waals surface area contributed by atoms with Gasteiger partial charge >= 0.3 is 0 Å². The quantitative estimate of drug-likeness (QED) is 0.722. The van der Waals surface area contributed by atoms with Crippen LogP contribution in [-0.4, -0.2) is 26.0 Å². The number of nitrogens with two attached hydrogens (primary N) is 1. The summed E-state index contributed by atoms with van der Waals surface area (Å²) in [6, 6.07) is -0.122. The fourth-order valence-electron chi connectivity index (χ4n) is 1.53. The predicted octanol–water partition coefficient (Wildman–Crippen LogP) is 0.795. The highest BCUT2D eigenvalue weighted by Gasteiger charge is 2.31. The molecule has 0 aromatic rings. The molecule has 1 unspecified atom stereocenters. The van der Waals surface area contributed by atoms with E-state index in [9.17, 15) is 8.42 Å². The molecule has 0 heterocycles. The Labute approximate surface area is 80.6 Å². The van der Waals surface area contributed by atoms with Crippen LogP contribution in [0.1, 0.15) is 26.7 Å². The second-order valence-electron chi connectivity index (χ2n) is 4.47. The van der Waals surface area contributed by atoms with Gasteiger partial charge in [0.2, 0.25) is 0 Å². The standard InChI is InChI=1S/C9H19NO2S/c1-7(2)5-13(11,12)6-9(10)8-3-4-8/h7-9H,3-6,10H2,1-2H3. The molecule has 13 heavy (non-hydrogen) atoms. The minimum Gasteiger partial charge on any atom is -0.327 e. The van der Waals surface area contributed by atoms with Crippen molar-refractivity contribution in [1.82, 2.24) is 0 Å². The summed E-state index contributed by atoms with van der Waals surface area (Å²) < 4.78 is 23.0. The van der Waals surface area contributed by atoms with E-state index in [1.165, 1.54) is 0 Å². The van der Waals surface area contributed by atoms with Crippen molar-refractivity contribution < 1.29 is 8.42 Å². The van der Waals surface area contributed by atoms with Crippen molar-refractivity contribution in [3.63, 3.8) is 0 Å². The smallest absolute Gasteiger partial charge is 0.152 e. The first kappa shape index (κ1) is 11.0. The molecule has 2 N–H and O–H groups in total. The van der Waals surface area contributed by atoms with Crippen LogP contribution in [-0.2, 0) is 9.84 Å². The molecule has 1 fully saturated rings. The van der Waals surface area contributed by atoms with Gasteiger partial charge in [0.05, 0.1) is 11.5 Å². The Hall–Kier alpha value is -0.0900. The van der Waals surface area contributed by atoms with Crippen LogP contribution in [0.2, 0.25) is 0 Å². The molecule has 1 rings (SSSR count). The molecule has 78 valence electrons. The van der Waals surface area contributed by atoms with Gasteiger partial charge in [-0.3, -0.25) is 0 Å². The fraction of sp³-hybridized carbons (Fsp3) is 1.00.